The van der Waals surface area contributed by atoms with E-state index in [1.165, 1.54) is 0 Å². The zero-order valence-electron chi connectivity index (χ0n) is 12.0. The maximum absolute atomic E-state index is 12.0. The van der Waals surface area contributed by atoms with Crippen molar-refractivity contribution < 1.29 is 9.00 Å². The van der Waals surface area contributed by atoms with Crippen LogP contribution in [0.5, 0.6) is 0 Å². The monoisotopic (exact) mass is 306 g/mol. The van der Waals surface area contributed by atoms with Crippen LogP contribution in [0, 0.1) is 0 Å². The number of hydrogen-bond acceptors (Lipinski definition) is 3. The van der Waals surface area contributed by atoms with Crippen LogP contribution in [0.25, 0.3) is 0 Å². The largest absolute Gasteiger partial charge is 0.323 e. The highest BCUT2D eigenvalue weighted by Crippen LogP contribution is 2.17. The molecule has 2 rings (SSSR count). The first-order valence-electron chi connectivity index (χ1n) is 6.57. The van der Waals surface area contributed by atoms with Gasteiger partial charge < -0.3 is 10.6 Å². The summed E-state index contributed by atoms with van der Waals surface area (Å²) in [6.07, 6.45) is 4.98. The number of aryl methyl sites for hydroxylation is 1. The van der Waals surface area contributed by atoms with Gasteiger partial charge in [-0.05, 0) is 18.6 Å². The molecular weight excluding hydrogens is 288 g/mol. The standard InChI is InChI=1S/C14H18N4O2S/c1-3-18-9-12(8-15-18)16-14(19)17-13-7-5-4-6-11(13)10-21(2)20/h4-9H,3,10H2,1-2H3,(H2,16,17,19). The molecule has 0 aliphatic carbocycles. The molecule has 0 spiro atoms. The topological polar surface area (TPSA) is 76.0 Å². The Kier molecular flexibility index (Phi) is 5.10. The summed E-state index contributed by atoms with van der Waals surface area (Å²) < 4.78 is 13.1. The summed E-state index contributed by atoms with van der Waals surface area (Å²) in [5.74, 6) is 0.407. The molecule has 21 heavy (non-hydrogen) atoms. The van der Waals surface area contributed by atoms with Gasteiger partial charge in [0.15, 0.2) is 0 Å². The number of carbonyl (C=O) groups is 1. The van der Waals surface area contributed by atoms with Crippen molar-refractivity contribution in [1.29, 1.82) is 0 Å². The smallest absolute Gasteiger partial charge is 0.307 e. The molecule has 1 aromatic heterocycles. The fraction of sp³-hybridized carbons (Fsp3) is 0.286. The summed E-state index contributed by atoms with van der Waals surface area (Å²) in [5.41, 5.74) is 2.14. The highest BCUT2D eigenvalue weighted by Gasteiger charge is 2.08. The van der Waals surface area contributed by atoms with Crippen LogP contribution in [0.3, 0.4) is 0 Å². The number of carbonyl (C=O) groups excluding carboxylic acids is 1. The first kappa shape index (κ1) is 15.2. The normalized spacial score (nSPS) is 11.9. The van der Waals surface area contributed by atoms with Gasteiger partial charge in [0.2, 0.25) is 0 Å². The van der Waals surface area contributed by atoms with E-state index in [0.717, 1.165) is 12.1 Å². The van der Waals surface area contributed by atoms with Gasteiger partial charge in [-0.15, -0.1) is 0 Å². The number of anilines is 2. The number of hydrogen-bond donors (Lipinski definition) is 2. The van der Waals surface area contributed by atoms with E-state index in [2.05, 4.69) is 15.7 Å². The van der Waals surface area contributed by atoms with Crippen molar-refractivity contribution in [3.8, 4) is 0 Å². The molecule has 1 heterocycles. The van der Waals surface area contributed by atoms with Gasteiger partial charge in [0.1, 0.15) is 0 Å². The molecule has 0 saturated heterocycles. The number of nitrogens with one attached hydrogen (secondary N) is 2. The van der Waals surface area contributed by atoms with Crippen molar-refractivity contribution in [2.75, 3.05) is 16.9 Å². The molecule has 0 fully saturated rings. The molecule has 112 valence electrons. The lowest BCUT2D eigenvalue weighted by atomic mass is 10.2. The second-order valence-electron chi connectivity index (χ2n) is 4.54. The molecular formula is C14H18N4O2S. The number of amides is 2. The number of rotatable bonds is 5. The predicted molar refractivity (Wildman–Crippen MR) is 84.8 cm³/mol. The van der Waals surface area contributed by atoms with Crippen molar-refractivity contribution in [3.63, 3.8) is 0 Å². The van der Waals surface area contributed by atoms with Gasteiger partial charge in [0.25, 0.3) is 0 Å². The predicted octanol–water partition coefficient (Wildman–Crippen LogP) is 2.43. The van der Waals surface area contributed by atoms with Crippen LogP contribution in [0.4, 0.5) is 16.2 Å². The maximum Gasteiger partial charge on any atom is 0.323 e. The number of aromatic nitrogens is 2. The zero-order valence-corrected chi connectivity index (χ0v) is 12.8. The lowest BCUT2D eigenvalue weighted by molar-refractivity contribution is 0.262. The second kappa shape index (κ2) is 7.03. The molecule has 0 radical (unpaired) electrons. The molecule has 6 nitrogen and oxygen atoms in total. The van der Waals surface area contributed by atoms with Crippen LogP contribution in [0.2, 0.25) is 0 Å². The fourth-order valence-electron chi connectivity index (χ4n) is 1.87. The first-order chi connectivity index (χ1) is 10.1. The van der Waals surface area contributed by atoms with Gasteiger partial charge in [0.05, 0.1) is 17.6 Å². The summed E-state index contributed by atoms with van der Waals surface area (Å²) in [7, 11) is -0.963. The molecule has 2 N–H and O–H groups in total. The lowest BCUT2D eigenvalue weighted by Crippen LogP contribution is -2.20. The average molecular weight is 306 g/mol. The molecule has 1 aromatic carbocycles. The summed E-state index contributed by atoms with van der Waals surface area (Å²) in [6.45, 7) is 2.71. The third-order valence-corrected chi connectivity index (χ3v) is 3.56. The highest BCUT2D eigenvalue weighted by molar-refractivity contribution is 7.83. The van der Waals surface area contributed by atoms with E-state index in [9.17, 15) is 9.00 Å². The fourth-order valence-corrected chi connectivity index (χ4v) is 2.56. The van der Waals surface area contributed by atoms with E-state index in [1.54, 1.807) is 29.4 Å². The molecule has 0 aliphatic rings. The summed E-state index contributed by atoms with van der Waals surface area (Å²) in [5, 5.41) is 9.57. The van der Waals surface area contributed by atoms with Gasteiger partial charge in [-0.1, -0.05) is 18.2 Å². The Labute approximate surface area is 126 Å². The van der Waals surface area contributed by atoms with Crippen molar-refractivity contribution in [3.05, 3.63) is 42.2 Å². The van der Waals surface area contributed by atoms with Crippen LogP contribution < -0.4 is 10.6 Å². The molecule has 2 amide bonds. The van der Waals surface area contributed by atoms with Gasteiger partial charge in [-0.25, -0.2) is 4.79 Å². The minimum atomic E-state index is -0.963. The Bertz CT molecular complexity index is 654. The average Bonchev–Trinajstić information content (AvgIpc) is 2.88. The second-order valence-corrected chi connectivity index (χ2v) is 5.97. The van der Waals surface area contributed by atoms with Crippen LogP contribution >= 0.6 is 0 Å². The maximum atomic E-state index is 12.0. The van der Waals surface area contributed by atoms with E-state index >= 15 is 0 Å². The Morgan fingerprint density at radius 2 is 2.10 bits per heavy atom. The zero-order chi connectivity index (χ0) is 15.2. The van der Waals surface area contributed by atoms with E-state index in [-0.39, 0.29) is 6.03 Å². The molecule has 0 bridgehead atoms. The number of urea groups is 1. The Balaban J connectivity index is 2.03. The summed E-state index contributed by atoms with van der Waals surface area (Å²) >= 11 is 0. The van der Waals surface area contributed by atoms with Gasteiger partial charge in [0, 0.05) is 35.5 Å². The van der Waals surface area contributed by atoms with Gasteiger partial charge in [-0.3, -0.25) is 8.89 Å². The first-order valence-corrected chi connectivity index (χ1v) is 8.29. The highest BCUT2D eigenvalue weighted by atomic mass is 32.2. The Morgan fingerprint density at radius 1 is 1.33 bits per heavy atom. The lowest BCUT2D eigenvalue weighted by Gasteiger charge is -2.10. The van der Waals surface area contributed by atoms with Crippen molar-refractivity contribution in [2.24, 2.45) is 0 Å². The number of benzene rings is 1. The molecule has 0 aliphatic heterocycles. The van der Waals surface area contributed by atoms with Crippen LogP contribution in [0.1, 0.15) is 12.5 Å². The van der Waals surface area contributed by atoms with Crippen molar-refractivity contribution >= 4 is 28.2 Å². The van der Waals surface area contributed by atoms with Crippen LogP contribution in [0.15, 0.2) is 36.7 Å². The minimum Gasteiger partial charge on any atom is -0.307 e. The van der Waals surface area contributed by atoms with E-state index < -0.39 is 10.8 Å². The molecule has 7 heteroatoms. The quantitative estimate of drug-likeness (QED) is 0.890. The SMILES string of the molecule is CCn1cc(NC(=O)Nc2ccccc2CS(C)=O)cn1. The van der Waals surface area contributed by atoms with Crippen LogP contribution in [-0.2, 0) is 23.1 Å². The van der Waals surface area contributed by atoms with E-state index in [0.29, 0.717) is 17.1 Å². The molecule has 1 unspecified atom stereocenters. The summed E-state index contributed by atoms with van der Waals surface area (Å²) in [4.78, 5) is 12.0. The van der Waals surface area contributed by atoms with E-state index in [1.807, 2.05) is 25.1 Å². The van der Waals surface area contributed by atoms with Crippen molar-refractivity contribution in [1.82, 2.24) is 9.78 Å². The van der Waals surface area contributed by atoms with Gasteiger partial charge >= 0.3 is 6.03 Å². The minimum absolute atomic E-state index is 0.347. The van der Waals surface area contributed by atoms with Gasteiger partial charge in [-0.2, -0.15) is 5.10 Å². The van der Waals surface area contributed by atoms with E-state index in [4.69, 9.17) is 0 Å². The van der Waals surface area contributed by atoms with Crippen LogP contribution in [-0.4, -0.2) is 26.3 Å². The number of nitrogens with zero attached hydrogens (tertiary/aromatic N) is 2. The Hall–Kier alpha value is -2.15. The third-order valence-electron chi connectivity index (χ3n) is 2.84. The molecule has 2 aromatic rings. The molecule has 0 saturated carbocycles. The Morgan fingerprint density at radius 3 is 2.76 bits per heavy atom. The molecule has 1 atom stereocenters. The summed E-state index contributed by atoms with van der Waals surface area (Å²) in [6, 6.07) is 6.98. The third kappa shape index (κ3) is 4.42. The number of para-hydroxylation sites is 1. The van der Waals surface area contributed by atoms with Crippen molar-refractivity contribution in [2.45, 2.75) is 19.2 Å².